The molecule has 0 bridgehead atoms. The SMILES string of the molecule is NC1(c2cccc3ncccc23)CCc2cc(F)ccc21. The average molecular weight is 278 g/mol. The smallest absolute Gasteiger partial charge is 0.123 e. The summed E-state index contributed by atoms with van der Waals surface area (Å²) in [5, 5.41) is 1.07. The minimum absolute atomic E-state index is 0.197. The van der Waals surface area contributed by atoms with Gasteiger partial charge < -0.3 is 5.73 Å². The molecular weight excluding hydrogens is 263 g/mol. The van der Waals surface area contributed by atoms with Crippen LogP contribution in [0, 0.1) is 5.82 Å². The molecule has 3 heteroatoms. The number of aromatic nitrogens is 1. The minimum atomic E-state index is -0.564. The van der Waals surface area contributed by atoms with Gasteiger partial charge in [0, 0.05) is 11.6 Å². The summed E-state index contributed by atoms with van der Waals surface area (Å²) in [6, 6.07) is 14.9. The minimum Gasteiger partial charge on any atom is -0.318 e. The number of nitrogens with two attached hydrogens (primary N) is 1. The number of hydrogen-bond donors (Lipinski definition) is 1. The second kappa shape index (κ2) is 4.37. The molecule has 2 N–H and O–H groups in total. The van der Waals surface area contributed by atoms with Crippen LogP contribution in [0.15, 0.2) is 54.7 Å². The maximum Gasteiger partial charge on any atom is 0.123 e. The molecule has 1 heterocycles. The molecule has 1 unspecified atom stereocenters. The van der Waals surface area contributed by atoms with Crippen LogP contribution in [0.4, 0.5) is 4.39 Å². The zero-order valence-corrected chi connectivity index (χ0v) is 11.5. The molecule has 1 atom stereocenters. The fourth-order valence-corrected chi connectivity index (χ4v) is 3.44. The van der Waals surface area contributed by atoms with Crippen LogP contribution in [0.3, 0.4) is 0 Å². The first-order valence-electron chi connectivity index (χ1n) is 7.10. The van der Waals surface area contributed by atoms with Crippen LogP contribution in [-0.2, 0) is 12.0 Å². The van der Waals surface area contributed by atoms with Crippen LogP contribution in [0.1, 0.15) is 23.1 Å². The maximum atomic E-state index is 13.4. The average Bonchev–Trinajstić information content (AvgIpc) is 2.84. The van der Waals surface area contributed by atoms with Crippen LogP contribution in [-0.4, -0.2) is 4.98 Å². The molecule has 0 saturated carbocycles. The van der Waals surface area contributed by atoms with E-state index in [4.69, 9.17) is 5.73 Å². The highest BCUT2D eigenvalue weighted by molar-refractivity contribution is 5.84. The Kier molecular flexibility index (Phi) is 2.59. The molecule has 0 fully saturated rings. The summed E-state index contributed by atoms with van der Waals surface area (Å²) in [6.07, 6.45) is 3.38. The van der Waals surface area contributed by atoms with E-state index < -0.39 is 5.54 Å². The Morgan fingerprint density at radius 1 is 1.05 bits per heavy atom. The molecule has 0 spiro atoms. The Morgan fingerprint density at radius 2 is 1.95 bits per heavy atom. The van der Waals surface area contributed by atoms with E-state index in [1.807, 2.05) is 30.3 Å². The van der Waals surface area contributed by atoms with Crippen molar-refractivity contribution in [1.82, 2.24) is 4.98 Å². The van der Waals surface area contributed by atoms with E-state index in [9.17, 15) is 4.39 Å². The first-order valence-corrected chi connectivity index (χ1v) is 7.10. The lowest BCUT2D eigenvalue weighted by Crippen LogP contribution is -2.35. The number of rotatable bonds is 1. The van der Waals surface area contributed by atoms with Crippen LogP contribution in [0.2, 0.25) is 0 Å². The molecule has 1 aliphatic carbocycles. The summed E-state index contributed by atoms with van der Waals surface area (Å²) in [5.41, 5.74) is 10.2. The fraction of sp³-hybridized carbons (Fsp3) is 0.167. The van der Waals surface area contributed by atoms with Gasteiger partial charge in [0.15, 0.2) is 0 Å². The third-order valence-corrected chi connectivity index (χ3v) is 4.46. The molecule has 104 valence electrons. The standard InChI is InChI=1S/C18H15FN2/c19-13-6-7-15-12(11-13)8-9-18(15,20)16-4-1-5-17-14(16)3-2-10-21-17/h1-7,10-11H,8-9,20H2. The second-order valence-electron chi connectivity index (χ2n) is 5.65. The van der Waals surface area contributed by atoms with Crippen molar-refractivity contribution in [2.75, 3.05) is 0 Å². The van der Waals surface area contributed by atoms with Gasteiger partial charge in [0.05, 0.1) is 11.1 Å². The van der Waals surface area contributed by atoms with Crippen molar-refractivity contribution in [2.45, 2.75) is 18.4 Å². The van der Waals surface area contributed by atoms with Gasteiger partial charge in [0.1, 0.15) is 5.82 Å². The zero-order valence-electron chi connectivity index (χ0n) is 11.5. The normalized spacial score (nSPS) is 20.7. The van der Waals surface area contributed by atoms with Gasteiger partial charge in [0.25, 0.3) is 0 Å². The summed E-state index contributed by atoms with van der Waals surface area (Å²) >= 11 is 0. The van der Waals surface area contributed by atoms with Crippen LogP contribution in [0.5, 0.6) is 0 Å². The molecular formula is C18H15FN2. The van der Waals surface area contributed by atoms with Gasteiger partial charge in [-0.25, -0.2) is 4.39 Å². The van der Waals surface area contributed by atoms with Crippen molar-refractivity contribution in [3.8, 4) is 0 Å². The molecule has 1 aromatic heterocycles. The first-order chi connectivity index (χ1) is 10.2. The lowest BCUT2D eigenvalue weighted by atomic mass is 9.83. The summed E-state index contributed by atoms with van der Waals surface area (Å²) in [6.45, 7) is 0. The van der Waals surface area contributed by atoms with E-state index in [1.165, 1.54) is 6.07 Å². The molecule has 21 heavy (non-hydrogen) atoms. The topological polar surface area (TPSA) is 38.9 Å². The van der Waals surface area contributed by atoms with Gasteiger partial charge in [-0.15, -0.1) is 0 Å². The third-order valence-electron chi connectivity index (χ3n) is 4.46. The Balaban J connectivity index is 1.98. The molecule has 0 amide bonds. The Bertz CT molecular complexity index is 838. The number of hydrogen-bond acceptors (Lipinski definition) is 2. The van der Waals surface area contributed by atoms with E-state index in [0.29, 0.717) is 0 Å². The summed E-state index contributed by atoms with van der Waals surface area (Å²) in [5.74, 6) is -0.197. The largest absolute Gasteiger partial charge is 0.318 e. The number of benzene rings is 2. The molecule has 2 nitrogen and oxygen atoms in total. The molecule has 1 aliphatic rings. The number of aryl methyl sites for hydroxylation is 1. The highest BCUT2D eigenvalue weighted by Crippen LogP contribution is 2.42. The van der Waals surface area contributed by atoms with Gasteiger partial charge in [-0.05, 0) is 53.8 Å². The Hall–Kier alpha value is -2.26. The highest BCUT2D eigenvalue weighted by Gasteiger charge is 2.37. The number of fused-ring (bicyclic) bond motifs is 2. The number of nitrogens with zero attached hydrogens (tertiary/aromatic N) is 1. The van der Waals surface area contributed by atoms with Crippen LogP contribution < -0.4 is 5.73 Å². The van der Waals surface area contributed by atoms with Crippen LogP contribution >= 0.6 is 0 Å². The number of pyridine rings is 1. The quantitative estimate of drug-likeness (QED) is 0.739. The van der Waals surface area contributed by atoms with E-state index in [-0.39, 0.29) is 5.82 Å². The molecule has 0 aliphatic heterocycles. The van der Waals surface area contributed by atoms with Crippen molar-refractivity contribution >= 4 is 10.9 Å². The van der Waals surface area contributed by atoms with E-state index >= 15 is 0 Å². The summed E-state index contributed by atoms with van der Waals surface area (Å²) < 4.78 is 13.4. The molecule has 2 aromatic carbocycles. The van der Waals surface area contributed by atoms with E-state index in [1.54, 1.807) is 12.3 Å². The first kappa shape index (κ1) is 12.5. The summed E-state index contributed by atoms with van der Waals surface area (Å²) in [7, 11) is 0. The fourth-order valence-electron chi connectivity index (χ4n) is 3.44. The third kappa shape index (κ3) is 1.78. The predicted molar refractivity (Wildman–Crippen MR) is 81.4 cm³/mol. The Labute approximate surface area is 122 Å². The zero-order chi connectivity index (χ0) is 14.4. The van der Waals surface area contributed by atoms with Gasteiger partial charge in [0.2, 0.25) is 0 Å². The molecule has 0 saturated heterocycles. The highest BCUT2D eigenvalue weighted by atomic mass is 19.1. The van der Waals surface area contributed by atoms with Crippen molar-refractivity contribution in [1.29, 1.82) is 0 Å². The number of halogens is 1. The maximum absolute atomic E-state index is 13.4. The summed E-state index contributed by atoms with van der Waals surface area (Å²) in [4.78, 5) is 4.40. The Morgan fingerprint density at radius 3 is 2.86 bits per heavy atom. The molecule has 0 radical (unpaired) electrons. The lowest BCUT2D eigenvalue weighted by Gasteiger charge is -2.27. The van der Waals surface area contributed by atoms with Gasteiger partial charge in [-0.3, -0.25) is 4.98 Å². The molecule has 4 rings (SSSR count). The monoisotopic (exact) mass is 278 g/mol. The van der Waals surface area contributed by atoms with Crippen molar-refractivity contribution in [3.63, 3.8) is 0 Å². The lowest BCUT2D eigenvalue weighted by molar-refractivity contribution is 0.539. The van der Waals surface area contributed by atoms with Gasteiger partial charge in [-0.2, -0.15) is 0 Å². The van der Waals surface area contributed by atoms with Crippen molar-refractivity contribution in [2.24, 2.45) is 5.73 Å². The van der Waals surface area contributed by atoms with Crippen molar-refractivity contribution < 1.29 is 4.39 Å². The van der Waals surface area contributed by atoms with E-state index in [0.717, 1.165) is 40.4 Å². The van der Waals surface area contributed by atoms with E-state index in [2.05, 4.69) is 11.1 Å². The predicted octanol–water partition coefficient (Wildman–Crippen LogP) is 3.52. The van der Waals surface area contributed by atoms with Crippen LogP contribution in [0.25, 0.3) is 10.9 Å². The van der Waals surface area contributed by atoms with Crippen molar-refractivity contribution in [3.05, 3.63) is 77.2 Å². The second-order valence-corrected chi connectivity index (χ2v) is 5.65. The van der Waals surface area contributed by atoms with Gasteiger partial charge >= 0.3 is 0 Å². The van der Waals surface area contributed by atoms with Gasteiger partial charge in [-0.1, -0.05) is 24.3 Å². The molecule has 3 aromatic rings.